The topological polar surface area (TPSA) is 42.4 Å². The molecule has 0 aromatic carbocycles. The summed E-state index contributed by atoms with van der Waals surface area (Å²) in [5, 5.41) is 10.0. The highest BCUT2D eigenvalue weighted by Gasteiger charge is 2.38. The number of alkyl halides is 3. The first kappa shape index (κ1) is 18.1. The van der Waals surface area contributed by atoms with Gasteiger partial charge in [-0.25, -0.2) is 0 Å². The van der Waals surface area contributed by atoms with Crippen LogP contribution in [0.25, 0.3) is 0 Å². The van der Waals surface area contributed by atoms with Crippen molar-refractivity contribution in [1.29, 1.82) is 0 Å². The lowest BCUT2D eigenvalue weighted by atomic mass is 10.1. The van der Waals surface area contributed by atoms with E-state index < -0.39 is 26.2 Å². The van der Waals surface area contributed by atoms with Gasteiger partial charge >= 0.3 is 6.18 Å². The van der Waals surface area contributed by atoms with Gasteiger partial charge in [0.2, 0.25) is 0 Å². The SMILES string of the molecule is CC(C)(C)[Si](C)(C)OCC(O)c1cncc(C(F)(F)F)c1. The summed E-state index contributed by atoms with van der Waals surface area (Å²) in [6, 6.07) is 0.909. The minimum Gasteiger partial charge on any atom is -0.414 e. The molecule has 0 saturated carbocycles. The van der Waals surface area contributed by atoms with E-state index in [0.29, 0.717) is 0 Å². The van der Waals surface area contributed by atoms with Crippen LogP contribution < -0.4 is 0 Å². The second-order valence-electron chi connectivity index (χ2n) is 6.59. The zero-order chi connectivity index (χ0) is 16.5. The minimum absolute atomic E-state index is 0.0283. The number of pyridine rings is 1. The van der Waals surface area contributed by atoms with Crippen LogP contribution in [0, 0.1) is 0 Å². The molecule has 7 heteroatoms. The summed E-state index contributed by atoms with van der Waals surface area (Å²) in [6.07, 6.45) is -3.61. The van der Waals surface area contributed by atoms with E-state index in [2.05, 4.69) is 25.8 Å². The van der Waals surface area contributed by atoms with Crippen molar-refractivity contribution in [2.24, 2.45) is 0 Å². The monoisotopic (exact) mass is 321 g/mol. The lowest BCUT2D eigenvalue weighted by molar-refractivity contribution is -0.137. The molecule has 0 radical (unpaired) electrons. The molecule has 1 unspecified atom stereocenters. The third kappa shape index (κ3) is 4.79. The zero-order valence-corrected chi connectivity index (χ0v) is 14.0. The number of aliphatic hydroxyl groups excluding tert-OH is 1. The van der Waals surface area contributed by atoms with Gasteiger partial charge in [0.05, 0.1) is 12.2 Å². The van der Waals surface area contributed by atoms with Crippen molar-refractivity contribution in [2.45, 2.75) is 51.2 Å². The fourth-order valence-corrected chi connectivity index (χ4v) is 2.40. The van der Waals surface area contributed by atoms with Gasteiger partial charge in [0, 0.05) is 18.0 Å². The van der Waals surface area contributed by atoms with E-state index in [1.54, 1.807) is 0 Å². The van der Waals surface area contributed by atoms with E-state index in [1.807, 2.05) is 13.1 Å². The van der Waals surface area contributed by atoms with Gasteiger partial charge in [0.1, 0.15) is 6.10 Å². The van der Waals surface area contributed by atoms with Crippen molar-refractivity contribution in [3.8, 4) is 0 Å². The van der Waals surface area contributed by atoms with Crippen LogP contribution in [-0.2, 0) is 10.6 Å². The van der Waals surface area contributed by atoms with Crippen LogP contribution in [0.1, 0.15) is 38.0 Å². The number of aliphatic hydroxyl groups is 1. The summed E-state index contributed by atoms with van der Waals surface area (Å²) < 4.78 is 43.7. The summed E-state index contributed by atoms with van der Waals surface area (Å²) in [7, 11) is -2.05. The van der Waals surface area contributed by atoms with E-state index in [4.69, 9.17) is 4.43 Å². The van der Waals surface area contributed by atoms with Gasteiger partial charge in [-0.15, -0.1) is 0 Å². The Morgan fingerprint density at radius 3 is 2.29 bits per heavy atom. The Kier molecular flexibility index (Phi) is 5.23. The van der Waals surface area contributed by atoms with Crippen LogP contribution >= 0.6 is 0 Å². The summed E-state index contributed by atoms with van der Waals surface area (Å²) in [5.74, 6) is 0. The highest BCUT2D eigenvalue weighted by Crippen LogP contribution is 2.37. The Labute approximate surface area is 124 Å². The van der Waals surface area contributed by atoms with E-state index >= 15 is 0 Å². The van der Waals surface area contributed by atoms with Crippen LogP contribution in [0.2, 0.25) is 18.1 Å². The van der Waals surface area contributed by atoms with Gasteiger partial charge in [0.15, 0.2) is 8.32 Å². The molecule has 0 bridgehead atoms. The Hall–Kier alpha value is -0.923. The quantitative estimate of drug-likeness (QED) is 0.847. The molecule has 0 aliphatic heterocycles. The van der Waals surface area contributed by atoms with Gasteiger partial charge in [0.25, 0.3) is 0 Å². The zero-order valence-electron chi connectivity index (χ0n) is 13.0. The molecular formula is C14H22F3NO2Si. The summed E-state index contributed by atoms with van der Waals surface area (Å²) in [4.78, 5) is 3.54. The van der Waals surface area contributed by atoms with Crippen LogP contribution in [0.3, 0.4) is 0 Å². The molecule has 0 spiro atoms. The fraction of sp³-hybridized carbons (Fsp3) is 0.643. The maximum Gasteiger partial charge on any atom is 0.417 e. The standard InChI is InChI=1S/C14H22F3NO2Si/c1-13(2,3)21(4,5)20-9-12(19)10-6-11(8-18-7-10)14(15,16)17/h6-8,12,19H,9H2,1-5H3. The predicted molar refractivity (Wildman–Crippen MR) is 77.3 cm³/mol. The number of nitrogens with zero attached hydrogens (tertiary/aromatic N) is 1. The predicted octanol–water partition coefficient (Wildman–Crippen LogP) is 4.16. The molecule has 1 rings (SSSR count). The van der Waals surface area contributed by atoms with Crippen molar-refractivity contribution in [3.63, 3.8) is 0 Å². The summed E-state index contributed by atoms with van der Waals surface area (Å²) >= 11 is 0. The van der Waals surface area contributed by atoms with Gasteiger partial charge in [-0.1, -0.05) is 20.8 Å². The first-order chi connectivity index (χ1) is 9.34. The van der Waals surface area contributed by atoms with E-state index in [0.717, 1.165) is 12.3 Å². The fourth-order valence-electron chi connectivity index (χ4n) is 1.39. The van der Waals surface area contributed by atoms with Crippen LogP contribution in [0.15, 0.2) is 18.5 Å². The molecule has 0 amide bonds. The van der Waals surface area contributed by atoms with Gasteiger partial charge in [-0.3, -0.25) is 4.98 Å². The smallest absolute Gasteiger partial charge is 0.414 e. The molecular weight excluding hydrogens is 299 g/mol. The van der Waals surface area contributed by atoms with Crippen molar-refractivity contribution in [1.82, 2.24) is 4.98 Å². The highest BCUT2D eigenvalue weighted by molar-refractivity contribution is 6.74. The molecule has 1 aromatic rings. The molecule has 1 heterocycles. The van der Waals surface area contributed by atoms with E-state index in [9.17, 15) is 18.3 Å². The maximum atomic E-state index is 12.6. The van der Waals surface area contributed by atoms with Crippen LogP contribution in [0.4, 0.5) is 13.2 Å². The highest BCUT2D eigenvalue weighted by atomic mass is 28.4. The molecule has 3 nitrogen and oxygen atoms in total. The van der Waals surface area contributed by atoms with Gasteiger partial charge < -0.3 is 9.53 Å². The lowest BCUT2D eigenvalue weighted by Crippen LogP contribution is -2.41. The molecule has 0 fully saturated rings. The molecule has 120 valence electrons. The normalized spacial score (nSPS) is 15.1. The molecule has 0 saturated heterocycles. The number of aromatic nitrogens is 1. The molecule has 1 aromatic heterocycles. The van der Waals surface area contributed by atoms with Crippen molar-refractivity contribution in [3.05, 3.63) is 29.6 Å². The van der Waals surface area contributed by atoms with Crippen LogP contribution in [-0.4, -0.2) is 25.0 Å². The van der Waals surface area contributed by atoms with E-state index in [-0.39, 0.29) is 17.2 Å². The largest absolute Gasteiger partial charge is 0.417 e. The Bertz CT molecular complexity index is 484. The average Bonchev–Trinajstić information content (AvgIpc) is 2.34. The summed E-state index contributed by atoms with van der Waals surface area (Å²) in [6.45, 7) is 10.2. The molecule has 1 N–H and O–H groups in total. The third-order valence-corrected chi connectivity index (χ3v) is 8.38. The Balaban J connectivity index is 2.80. The second-order valence-corrected chi connectivity index (χ2v) is 11.4. The number of rotatable bonds is 4. The first-order valence-corrected chi connectivity index (χ1v) is 9.59. The van der Waals surface area contributed by atoms with Crippen LogP contribution in [0.5, 0.6) is 0 Å². The van der Waals surface area contributed by atoms with Crippen molar-refractivity contribution in [2.75, 3.05) is 6.61 Å². The van der Waals surface area contributed by atoms with E-state index in [1.165, 1.54) is 6.20 Å². The van der Waals surface area contributed by atoms with Crippen molar-refractivity contribution < 1.29 is 22.7 Å². The molecule has 1 atom stereocenters. The Morgan fingerprint density at radius 2 is 1.81 bits per heavy atom. The number of hydrogen-bond donors (Lipinski definition) is 1. The summed E-state index contributed by atoms with van der Waals surface area (Å²) in [5.41, 5.74) is -0.755. The second kappa shape index (κ2) is 6.06. The molecule has 0 aliphatic carbocycles. The first-order valence-electron chi connectivity index (χ1n) is 6.69. The van der Waals surface area contributed by atoms with Gasteiger partial charge in [-0.05, 0) is 24.2 Å². The van der Waals surface area contributed by atoms with Gasteiger partial charge in [-0.2, -0.15) is 13.2 Å². The number of hydrogen-bond acceptors (Lipinski definition) is 3. The maximum absolute atomic E-state index is 12.6. The third-order valence-electron chi connectivity index (χ3n) is 3.88. The van der Waals surface area contributed by atoms with Crippen molar-refractivity contribution >= 4 is 8.32 Å². The number of halogens is 3. The molecule has 21 heavy (non-hydrogen) atoms. The Morgan fingerprint density at radius 1 is 1.24 bits per heavy atom. The minimum atomic E-state index is -4.47. The molecule has 0 aliphatic rings. The lowest BCUT2D eigenvalue weighted by Gasteiger charge is -2.36. The average molecular weight is 321 g/mol.